The Bertz CT molecular complexity index is 650. The smallest absolute Gasteiger partial charge is 0.134 e. The Hall–Kier alpha value is -1.79. The minimum absolute atomic E-state index is 0.167. The molecule has 1 fully saturated rings. The van der Waals surface area contributed by atoms with Crippen LogP contribution in [0.3, 0.4) is 0 Å². The first kappa shape index (κ1) is 17.0. The molecule has 5 nitrogen and oxygen atoms in total. The minimum atomic E-state index is 0.167. The van der Waals surface area contributed by atoms with Gasteiger partial charge in [-0.25, -0.2) is 9.97 Å². The maximum Gasteiger partial charge on any atom is 0.134 e. The molecule has 2 aromatic rings. The summed E-state index contributed by atoms with van der Waals surface area (Å²) in [6, 6.07) is 10.7. The SMILES string of the molecule is CSc1ccc(CNc2cc(N3CCCCC3CO)ncn2)cc1. The van der Waals surface area contributed by atoms with E-state index in [0.29, 0.717) is 0 Å². The summed E-state index contributed by atoms with van der Waals surface area (Å²) in [5.74, 6) is 1.71. The number of anilines is 2. The van der Waals surface area contributed by atoms with Crippen molar-refractivity contribution in [3.63, 3.8) is 0 Å². The number of nitrogens with one attached hydrogen (secondary N) is 1. The summed E-state index contributed by atoms with van der Waals surface area (Å²) in [5.41, 5.74) is 1.22. The monoisotopic (exact) mass is 344 g/mol. The lowest BCUT2D eigenvalue weighted by Crippen LogP contribution is -2.42. The second-order valence-electron chi connectivity index (χ2n) is 5.99. The van der Waals surface area contributed by atoms with Gasteiger partial charge in [0.15, 0.2) is 0 Å². The lowest BCUT2D eigenvalue weighted by molar-refractivity contribution is 0.239. The summed E-state index contributed by atoms with van der Waals surface area (Å²) in [6.45, 7) is 1.85. The number of rotatable bonds is 6. The van der Waals surface area contributed by atoms with E-state index in [-0.39, 0.29) is 12.6 Å². The van der Waals surface area contributed by atoms with Gasteiger partial charge in [0.1, 0.15) is 18.0 Å². The Morgan fingerprint density at radius 3 is 2.83 bits per heavy atom. The van der Waals surface area contributed by atoms with Crippen molar-refractivity contribution in [2.75, 3.05) is 29.6 Å². The van der Waals surface area contributed by atoms with Crippen molar-refractivity contribution in [2.45, 2.75) is 36.7 Å². The summed E-state index contributed by atoms with van der Waals surface area (Å²) < 4.78 is 0. The van der Waals surface area contributed by atoms with Gasteiger partial charge in [0.05, 0.1) is 12.6 Å². The van der Waals surface area contributed by atoms with Crippen LogP contribution in [0, 0.1) is 0 Å². The first-order chi connectivity index (χ1) is 11.8. The van der Waals surface area contributed by atoms with Crippen molar-refractivity contribution in [1.29, 1.82) is 0 Å². The third-order valence-corrected chi connectivity index (χ3v) is 5.16. The van der Waals surface area contributed by atoms with Crippen LogP contribution in [0.25, 0.3) is 0 Å². The van der Waals surface area contributed by atoms with Crippen LogP contribution in [0.15, 0.2) is 41.6 Å². The molecule has 1 aliphatic heterocycles. The van der Waals surface area contributed by atoms with E-state index >= 15 is 0 Å². The minimum Gasteiger partial charge on any atom is -0.394 e. The molecule has 0 spiro atoms. The fourth-order valence-electron chi connectivity index (χ4n) is 3.03. The Morgan fingerprint density at radius 1 is 1.25 bits per heavy atom. The van der Waals surface area contributed by atoms with E-state index in [1.807, 2.05) is 6.07 Å². The molecule has 0 aliphatic carbocycles. The molecule has 0 radical (unpaired) electrons. The third kappa shape index (κ3) is 4.19. The van der Waals surface area contributed by atoms with Crippen molar-refractivity contribution >= 4 is 23.4 Å². The van der Waals surface area contributed by atoms with Crippen LogP contribution < -0.4 is 10.2 Å². The van der Waals surface area contributed by atoms with Crippen molar-refractivity contribution in [3.05, 3.63) is 42.2 Å². The van der Waals surface area contributed by atoms with Gasteiger partial charge in [-0.2, -0.15) is 0 Å². The zero-order valence-corrected chi connectivity index (χ0v) is 14.8. The van der Waals surface area contributed by atoms with Crippen molar-refractivity contribution in [1.82, 2.24) is 9.97 Å². The fourth-order valence-corrected chi connectivity index (χ4v) is 3.44. The normalized spacial score (nSPS) is 17.8. The van der Waals surface area contributed by atoms with Crippen molar-refractivity contribution in [3.8, 4) is 0 Å². The number of nitrogens with zero attached hydrogens (tertiary/aromatic N) is 3. The van der Waals surface area contributed by atoms with E-state index in [0.717, 1.165) is 37.6 Å². The van der Waals surface area contributed by atoms with Gasteiger partial charge >= 0.3 is 0 Å². The second kappa shape index (κ2) is 8.35. The Balaban J connectivity index is 1.66. The Kier molecular flexibility index (Phi) is 5.93. The number of piperidine rings is 1. The van der Waals surface area contributed by atoms with Crippen molar-refractivity contribution < 1.29 is 5.11 Å². The van der Waals surface area contributed by atoms with Crippen LogP contribution >= 0.6 is 11.8 Å². The molecule has 1 aliphatic rings. The maximum absolute atomic E-state index is 9.58. The van der Waals surface area contributed by atoms with E-state index < -0.39 is 0 Å². The highest BCUT2D eigenvalue weighted by Crippen LogP contribution is 2.24. The molecule has 0 bridgehead atoms. The topological polar surface area (TPSA) is 61.3 Å². The molecule has 0 amide bonds. The standard InChI is InChI=1S/C18H24N4OS/c1-24-16-7-5-14(6-8-16)11-19-17-10-18(21-13-20-17)22-9-3-2-4-15(22)12-23/h5-8,10,13,15,23H,2-4,9,11-12H2,1H3,(H,19,20,21). The number of hydrogen-bond acceptors (Lipinski definition) is 6. The molecule has 2 N–H and O–H groups in total. The molecular formula is C18H24N4OS. The van der Waals surface area contributed by atoms with Gasteiger partial charge in [0.25, 0.3) is 0 Å². The summed E-state index contributed by atoms with van der Waals surface area (Å²) >= 11 is 1.75. The van der Waals surface area contributed by atoms with Crippen molar-refractivity contribution in [2.24, 2.45) is 0 Å². The number of benzene rings is 1. The molecule has 6 heteroatoms. The summed E-state index contributed by atoms with van der Waals surface area (Å²) in [5, 5.41) is 12.9. The number of hydrogen-bond donors (Lipinski definition) is 2. The van der Waals surface area contributed by atoms with E-state index in [1.54, 1.807) is 18.1 Å². The van der Waals surface area contributed by atoms with Crippen LogP contribution in [0.4, 0.5) is 11.6 Å². The third-order valence-electron chi connectivity index (χ3n) is 4.42. The molecule has 1 aromatic heterocycles. The first-order valence-corrected chi connectivity index (χ1v) is 9.59. The zero-order chi connectivity index (χ0) is 16.8. The second-order valence-corrected chi connectivity index (χ2v) is 6.87. The Labute approximate surface area is 147 Å². The molecule has 1 aromatic carbocycles. The van der Waals surface area contributed by atoms with Crippen LogP contribution in [0.5, 0.6) is 0 Å². The quantitative estimate of drug-likeness (QED) is 0.785. The van der Waals surface area contributed by atoms with Gasteiger partial charge in [-0.05, 0) is 43.2 Å². The largest absolute Gasteiger partial charge is 0.394 e. The van der Waals surface area contributed by atoms with Gasteiger partial charge in [-0.3, -0.25) is 0 Å². The first-order valence-electron chi connectivity index (χ1n) is 8.36. The highest BCUT2D eigenvalue weighted by molar-refractivity contribution is 7.98. The lowest BCUT2D eigenvalue weighted by Gasteiger charge is -2.35. The number of aliphatic hydroxyl groups is 1. The van der Waals surface area contributed by atoms with Crippen LogP contribution in [0.1, 0.15) is 24.8 Å². The zero-order valence-electron chi connectivity index (χ0n) is 14.0. The fraction of sp³-hybridized carbons (Fsp3) is 0.444. The molecule has 1 unspecified atom stereocenters. The summed E-state index contributed by atoms with van der Waals surface area (Å²) in [7, 11) is 0. The van der Waals surface area contributed by atoms with E-state index in [1.165, 1.54) is 16.9 Å². The molecule has 3 rings (SSSR count). The molecule has 128 valence electrons. The molecule has 24 heavy (non-hydrogen) atoms. The molecule has 1 atom stereocenters. The predicted octanol–water partition coefficient (Wildman–Crippen LogP) is 3.16. The van der Waals surface area contributed by atoms with E-state index in [2.05, 4.69) is 50.7 Å². The van der Waals surface area contributed by atoms with Gasteiger partial charge < -0.3 is 15.3 Å². The summed E-state index contributed by atoms with van der Waals surface area (Å²) in [4.78, 5) is 12.2. The van der Waals surface area contributed by atoms with Gasteiger partial charge in [0.2, 0.25) is 0 Å². The highest BCUT2D eigenvalue weighted by Gasteiger charge is 2.23. The highest BCUT2D eigenvalue weighted by atomic mass is 32.2. The number of aromatic nitrogens is 2. The van der Waals surface area contributed by atoms with Crippen LogP contribution in [-0.4, -0.2) is 40.5 Å². The maximum atomic E-state index is 9.58. The average Bonchev–Trinajstić information content (AvgIpc) is 2.67. The molecule has 2 heterocycles. The molecule has 1 saturated heterocycles. The predicted molar refractivity (Wildman–Crippen MR) is 99.7 cm³/mol. The number of thioether (sulfide) groups is 1. The van der Waals surface area contributed by atoms with E-state index in [4.69, 9.17) is 0 Å². The molecule has 0 saturated carbocycles. The average molecular weight is 344 g/mol. The van der Waals surface area contributed by atoms with E-state index in [9.17, 15) is 5.11 Å². The number of aliphatic hydroxyl groups excluding tert-OH is 1. The lowest BCUT2D eigenvalue weighted by atomic mass is 10.0. The van der Waals surface area contributed by atoms with Gasteiger partial charge in [0, 0.05) is 24.1 Å². The van der Waals surface area contributed by atoms with Crippen LogP contribution in [-0.2, 0) is 6.54 Å². The van der Waals surface area contributed by atoms with Crippen LogP contribution in [0.2, 0.25) is 0 Å². The molecular weight excluding hydrogens is 320 g/mol. The van der Waals surface area contributed by atoms with Gasteiger partial charge in [-0.15, -0.1) is 11.8 Å². The summed E-state index contributed by atoms with van der Waals surface area (Å²) in [6.07, 6.45) is 7.01. The van der Waals surface area contributed by atoms with Gasteiger partial charge in [-0.1, -0.05) is 12.1 Å². The Morgan fingerprint density at radius 2 is 2.08 bits per heavy atom.